The first-order chi connectivity index (χ1) is 18.7. The van der Waals surface area contributed by atoms with Crippen LogP contribution in [0.5, 0.6) is 0 Å². The number of thioether (sulfide) groups is 1. The van der Waals surface area contributed by atoms with Crippen molar-refractivity contribution in [2.45, 2.75) is 95.9 Å². The average Bonchev–Trinajstić information content (AvgIpc) is 2.87. The van der Waals surface area contributed by atoms with Crippen molar-refractivity contribution < 1.29 is 48.9 Å². The SMILES string of the molecule is CCCCCCC(=O)N[C@@H](C)C(=O)N[C@H](CCC(=O)N[C@H](CSC[C@H](N)C(=O)O)C(=O)N[C@H](C)C(=O)O)C(=O)O. The summed E-state index contributed by atoms with van der Waals surface area (Å²) in [6.45, 7) is 4.65. The first-order valence-corrected chi connectivity index (χ1v) is 14.1. The van der Waals surface area contributed by atoms with Gasteiger partial charge in [-0.2, -0.15) is 11.8 Å². The van der Waals surface area contributed by atoms with Crippen molar-refractivity contribution in [2.24, 2.45) is 5.73 Å². The molecule has 0 aliphatic heterocycles. The fourth-order valence-corrected chi connectivity index (χ4v) is 4.13. The lowest BCUT2D eigenvalue weighted by Crippen LogP contribution is -2.53. The van der Waals surface area contributed by atoms with E-state index >= 15 is 0 Å². The third kappa shape index (κ3) is 15.9. The van der Waals surface area contributed by atoms with Gasteiger partial charge in [-0.15, -0.1) is 0 Å². The molecule has 0 saturated carbocycles. The number of carbonyl (C=O) groups is 7. The summed E-state index contributed by atoms with van der Waals surface area (Å²) in [6.07, 6.45) is 3.01. The summed E-state index contributed by atoms with van der Waals surface area (Å²) in [6, 6.07) is -6.25. The van der Waals surface area contributed by atoms with Gasteiger partial charge in [0, 0.05) is 24.3 Å². The molecule has 0 aromatic heterocycles. The van der Waals surface area contributed by atoms with Gasteiger partial charge in [-0.25, -0.2) is 4.79 Å². The van der Waals surface area contributed by atoms with Crippen molar-refractivity contribution >= 4 is 53.3 Å². The van der Waals surface area contributed by atoms with Crippen molar-refractivity contribution in [1.29, 1.82) is 0 Å². The number of amides is 4. The molecule has 0 unspecified atom stereocenters. The first-order valence-electron chi connectivity index (χ1n) is 12.9. The van der Waals surface area contributed by atoms with E-state index in [1.807, 2.05) is 6.92 Å². The van der Waals surface area contributed by atoms with Gasteiger partial charge in [0.05, 0.1) is 0 Å². The molecule has 15 nitrogen and oxygen atoms in total. The molecule has 0 radical (unpaired) electrons. The Labute approximate surface area is 236 Å². The molecular formula is C24H41N5O10S. The van der Waals surface area contributed by atoms with Crippen LogP contribution in [0, 0.1) is 0 Å². The number of carboxylic acids is 3. The van der Waals surface area contributed by atoms with Gasteiger partial charge in [0.2, 0.25) is 23.6 Å². The second-order valence-electron chi connectivity index (χ2n) is 9.21. The highest BCUT2D eigenvalue weighted by Gasteiger charge is 2.27. The number of carbonyl (C=O) groups excluding carboxylic acids is 4. The van der Waals surface area contributed by atoms with E-state index in [0.29, 0.717) is 6.42 Å². The van der Waals surface area contributed by atoms with Crippen LogP contribution in [0.1, 0.15) is 65.7 Å². The van der Waals surface area contributed by atoms with E-state index in [-0.39, 0.29) is 30.3 Å². The van der Waals surface area contributed by atoms with Gasteiger partial charge in [-0.3, -0.25) is 28.8 Å². The zero-order chi connectivity index (χ0) is 30.8. The van der Waals surface area contributed by atoms with E-state index in [1.54, 1.807) is 0 Å². The lowest BCUT2D eigenvalue weighted by Gasteiger charge is -2.21. The molecule has 0 aromatic carbocycles. The fourth-order valence-electron chi connectivity index (χ4n) is 3.13. The minimum atomic E-state index is -1.47. The van der Waals surface area contributed by atoms with Crippen molar-refractivity contribution in [1.82, 2.24) is 21.3 Å². The molecule has 0 bridgehead atoms. The Morgan fingerprint density at radius 1 is 0.675 bits per heavy atom. The van der Waals surface area contributed by atoms with Crippen LogP contribution in [0.2, 0.25) is 0 Å². The normalized spacial score (nSPS) is 14.5. The van der Waals surface area contributed by atoms with Crippen LogP contribution in [0.15, 0.2) is 0 Å². The van der Waals surface area contributed by atoms with Crippen molar-refractivity contribution in [2.75, 3.05) is 11.5 Å². The lowest BCUT2D eigenvalue weighted by molar-refractivity contribution is -0.142. The van der Waals surface area contributed by atoms with E-state index < -0.39 is 72.3 Å². The quantitative estimate of drug-likeness (QED) is 0.0750. The monoisotopic (exact) mass is 591 g/mol. The minimum absolute atomic E-state index is 0.0932. The maximum atomic E-state index is 12.5. The second kappa shape index (κ2) is 19.6. The smallest absolute Gasteiger partial charge is 0.326 e. The molecule has 228 valence electrons. The van der Waals surface area contributed by atoms with Crippen LogP contribution >= 0.6 is 11.8 Å². The van der Waals surface area contributed by atoms with Gasteiger partial charge in [0.25, 0.3) is 0 Å². The maximum Gasteiger partial charge on any atom is 0.326 e. The van der Waals surface area contributed by atoms with Crippen LogP contribution in [0.4, 0.5) is 0 Å². The van der Waals surface area contributed by atoms with Crippen LogP contribution in [0.3, 0.4) is 0 Å². The highest BCUT2D eigenvalue weighted by atomic mass is 32.2. The molecule has 0 saturated heterocycles. The van der Waals surface area contributed by atoms with E-state index in [9.17, 15) is 38.7 Å². The fraction of sp³-hybridized carbons (Fsp3) is 0.708. The maximum absolute atomic E-state index is 12.5. The number of nitrogens with two attached hydrogens (primary N) is 1. The second-order valence-corrected chi connectivity index (χ2v) is 10.3. The first kappa shape index (κ1) is 36.6. The van der Waals surface area contributed by atoms with Crippen LogP contribution < -0.4 is 27.0 Å². The Morgan fingerprint density at radius 3 is 1.85 bits per heavy atom. The largest absolute Gasteiger partial charge is 0.480 e. The standard InChI is InChI=1S/C24H41N5O10S/c1-4-5-6-7-8-18(30)26-13(2)20(32)29-16(24(38)39)9-10-19(31)28-17(12-40-11-15(25)23(36)37)21(33)27-14(3)22(34)35/h13-17H,4-12,25H2,1-3H3,(H,26,30)(H,27,33)(H,28,31)(H,29,32)(H,34,35)(H,36,37)(H,38,39)/t13-,14+,15-,16+,17+/m0/s1. The highest BCUT2D eigenvalue weighted by molar-refractivity contribution is 7.99. The van der Waals surface area contributed by atoms with Crippen LogP contribution in [-0.2, 0) is 33.6 Å². The molecule has 9 N–H and O–H groups in total. The average molecular weight is 592 g/mol. The Hall–Kier alpha value is -3.40. The summed E-state index contributed by atoms with van der Waals surface area (Å²) in [5.74, 6) is -6.93. The number of carboxylic acid groups (broad SMARTS) is 3. The molecule has 0 aliphatic rings. The summed E-state index contributed by atoms with van der Waals surface area (Å²) >= 11 is 0.942. The number of aliphatic carboxylic acids is 3. The highest BCUT2D eigenvalue weighted by Crippen LogP contribution is 2.08. The van der Waals surface area contributed by atoms with Crippen molar-refractivity contribution in [3.63, 3.8) is 0 Å². The van der Waals surface area contributed by atoms with E-state index in [1.165, 1.54) is 13.8 Å². The molecule has 0 spiro atoms. The molecule has 0 rings (SSSR count). The van der Waals surface area contributed by atoms with Crippen molar-refractivity contribution in [3.8, 4) is 0 Å². The lowest BCUT2D eigenvalue weighted by atomic mass is 10.1. The summed E-state index contributed by atoms with van der Waals surface area (Å²) in [5.41, 5.74) is 5.43. The van der Waals surface area contributed by atoms with E-state index in [0.717, 1.165) is 31.0 Å². The van der Waals surface area contributed by atoms with Gasteiger partial charge in [-0.05, 0) is 26.7 Å². The molecule has 0 aliphatic carbocycles. The number of hydrogen-bond donors (Lipinski definition) is 8. The van der Waals surface area contributed by atoms with Gasteiger partial charge < -0.3 is 42.3 Å². The van der Waals surface area contributed by atoms with Gasteiger partial charge in [0.1, 0.15) is 30.2 Å². The number of hydrogen-bond acceptors (Lipinski definition) is 9. The van der Waals surface area contributed by atoms with E-state index in [4.69, 9.17) is 15.9 Å². The third-order valence-corrected chi connectivity index (χ3v) is 6.75. The molecular weight excluding hydrogens is 550 g/mol. The Morgan fingerprint density at radius 2 is 1.30 bits per heavy atom. The molecule has 0 heterocycles. The number of rotatable bonds is 21. The Kier molecular flexibility index (Phi) is 18.0. The Balaban J connectivity index is 5.04. The van der Waals surface area contributed by atoms with E-state index in [2.05, 4.69) is 21.3 Å². The zero-order valence-corrected chi connectivity index (χ0v) is 23.8. The third-order valence-electron chi connectivity index (χ3n) is 5.58. The zero-order valence-electron chi connectivity index (χ0n) is 22.9. The molecule has 40 heavy (non-hydrogen) atoms. The van der Waals surface area contributed by atoms with Crippen LogP contribution in [-0.4, -0.2) is 98.6 Å². The van der Waals surface area contributed by atoms with Gasteiger partial charge >= 0.3 is 17.9 Å². The predicted molar refractivity (Wildman–Crippen MR) is 145 cm³/mol. The summed E-state index contributed by atoms with van der Waals surface area (Å²) in [4.78, 5) is 83.1. The summed E-state index contributed by atoms with van der Waals surface area (Å²) in [5, 5.41) is 36.7. The Bertz CT molecular complexity index is 903. The summed E-state index contributed by atoms with van der Waals surface area (Å²) in [7, 11) is 0. The topological polar surface area (TPSA) is 254 Å². The molecule has 0 fully saturated rings. The molecule has 0 aromatic rings. The molecule has 4 amide bonds. The van der Waals surface area contributed by atoms with Gasteiger partial charge in [-0.1, -0.05) is 26.2 Å². The minimum Gasteiger partial charge on any atom is -0.480 e. The van der Waals surface area contributed by atoms with Gasteiger partial charge in [0.15, 0.2) is 0 Å². The van der Waals surface area contributed by atoms with Crippen LogP contribution in [0.25, 0.3) is 0 Å². The predicted octanol–water partition coefficient (Wildman–Crippen LogP) is -0.970. The van der Waals surface area contributed by atoms with Crippen molar-refractivity contribution in [3.05, 3.63) is 0 Å². The summed E-state index contributed by atoms with van der Waals surface area (Å²) < 4.78 is 0. The number of unbranched alkanes of at least 4 members (excludes halogenated alkanes) is 3. The molecule has 16 heteroatoms. The molecule has 5 atom stereocenters. The number of nitrogens with one attached hydrogen (secondary N) is 4.